The smallest absolute Gasteiger partial charge is 0.274 e. The number of anilines is 2. The first-order chi connectivity index (χ1) is 24.5. The maximum atomic E-state index is 12.1. The second-order valence-corrected chi connectivity index (χ2v) is 9.80. The average Bonchev–Trinajstić information content (AvgIpc) is 3.18. The maximum Gasteiger partial charge on any atom is 0.274 e. The third-order valence-corrected chi connectivity index (χ3v) is 6.37. The molecule has 0 bridgehead atoms. The molecule has 2 N–H and O–H groups in total. The van der Waals surface area contributed by atoms with Gasteiger partial charge < -0.3 is 10.6 Å². The molecule has 0 atom stereocenters. The number of pyridine rings is 4. The molecule has 2 amide bonds. The fourth-order valence-corrected chi connectivity index (χ4v) is 4.00. The van der Waals surface area contributed by atoms with E-state index in [1.807, 2.05) is 12.1 Å². The van der Waals surface area contributed by atoms with Gasteiger partial charge in [0.05, 0.1) is 33.9 Å². The van der Waals surface area contributed by atoms with E-state index in [0.29, 0.717) is 34.4 Å². The summed E-state index contributed by atoms with van der Waals surface area (Å²) < 4.78 is 0. The van der Waals surface area contributed by atoms with Gasteiger partial charge >= 0.3 is 0 Å². The third kappa shape index (κ3) is 9.58. The Hall–Kier alpha value is -7.84. The highest BCUT2D eigenvalue weighted by Crippen LogP contribution is 2.25. The number of amides is 2. The Morgan fingerprint density at radius 2 is 0.900 bits per heavy atom. The molecule has 4 heterocycles. The molecule has 240 valence electrons. The summed E-state index contributed by atoms with van der Waals surface area (Å²) in [5.41, 5.74) is 2.83. The Morgan fingerprint density at radius 3 is 1.24 bits per heavy atom. The highest BCUT2D eigenvalue weighted by atomic mass is 16.2. The van der Waals surface area contributed by atoms with Crippen molar-refractivity contribution in [3.63, 3.8) is 0 Å². The predicted octanol–water partition coefficient (Wildman–Crippen LogP) is 8.03. The Kier molecular flexibility index (Phi) is 11.5. The zero-order valence-corrected chi connectivity index (χ0v) is 26.0. The highest BCUT2D eigenvalue weighted by molar-refractivity contribution is 6.04. The summed E-state index contributed by atoms with van der Waals surface area (Å²) >= 11 is 0. The average molecular weight is 657 g/mol. The summed E-state index contributed by atoms with van der Waals surface area (Å²) in [5.74, 6) is 0.155. The predicted molar refractivity (Wildman–Crippen MR) is 184 cm³/mol. The molecule has 0 spiro atoms. The third-order valence-electron chi connectivity index (χ3n) is 6.37. The van der Waals surface area contributed by atoms with Crippen LogP contribution in [0.5, 0.6) is 0 Å². The zero-order valence-electron chi connectivity index (χ0n) is 26.0. The summed E-state index contributed by atoms with van der Waals surface area (Å²) in [6.45, 7) is 0. The van der Waals surface area contributed by atoms with Gasteiger partial charge in [0.2, 0.25) is 0 Å². The monoisotopic (exact) mass is 656 g/mol. The minimum Gasteiger partial charge on any atom is -0.319 e. The molecule has 0 saturated carbocycles. The van der Waals surface area contributed by atoms with Crippen molar-refractivity contribution < 1.29 is 9.59 Å². The number of azo groups is 2. The van der Waals surface area contributed by atoms with Gasteiger partial charge in [-0.1, -0.05) is 24.3 Å². The van der Waals surface area contributed by atoms with Crippen LogP contribution >= 0.6 is 0 Å². The summed E-state index contributed by atoms with van der Waals surface area (Å²) in [4.78, 5) is 40.3. The van der Waals surface area contributed by atoms with E-state index in [-0.39, 0.29) is 34.3 Å². The number of nitriles is 2. The number of aromatic nitrogens is 4. The molecular formula is C36H24N12O2. The molecule has 0 unspecified atom stereocenters. The van der Waals surface area contributed by atoms with Gasteiger partial charge in [-0.05, 0) is 84.9 Å². The molecule has 14 heteroatoms. The quantitative estimate of drug-likeness (QED) is 0.153. The lowest BCUT2D eigenvalue weighted by Crippen LogP contribution is -2.14. The normalized spacial score (nSPS) is 10.4. The first kappa shape index (κ1) is 33.5. The van der Waals surface area contributed by atoms with Crippen molar-refractivity contribution in [2.45, 2.75) is 0 Å². The summed E-state index contributed by atoms with van der Waals surface area (Å²) in [6.07, 6.45) is 6.29. The standard InChI is InChI=1S/2C18H12N6O/c2*19-12-13-11-14(23-24-17-6-2-4-10-21-17)7-8-15(13)22-18(25)16-5-1-3-9-20-16/h2*1-11H,(H,22,25)/b24-23+;24-23-. The zero-order chi connectivity index (χ0) is 35.0. The summed E-state index contributed by atoms with van der Waals surface area (Å²) in [7, 11) is 0. The van der Waals surface area contributed by atoms with Crippen LogP contribution in [0.1, 0.15) is 32.1 Å². The Balaban J connectivity index is 0.000000194. The van der Waals surface area contributed by atoms with Gasteiger partial charge in [0.25, 0.3) is 11.8 Å². The number of carbonyl (C=O) groups excluding carboxylic acids is 2. The molecule has 0 aliphatic carbocycles. The molecular weight excluding hydrogens is 632 g/mol. The highest BCUT2D eigenvalue weighted by Gasteiger charge is 2.12. The SMILES string of the molecule is N#Cc1cc(/N=N/c2ccccn2)ccc1NC(=O)c1ccccn1.N#Cc1cc(/N=N\c2ccccn2)ccc1NC(=O)c1ccccn1. The summed E-state index contributed by atoms with van der Waals surface area (Å²) in [5, 5.41) is 40.1. The minimum absolute atomic E-state index is 0.269. The fraction of sp³-hybridized carbons (Fsp3) is 0. The second-order valence-electron chi connectivity index (χ2n) is 9.80. The van der Waals surface area contributed by atoms with Crippen molar-refractivity contribution >= 4 is 46.2 Å². The van der Waals surface area contributed by atoms with Crippen molar-refractivity contribution in [2.24, 2.45) is 20.5 Å². The van der Waals surface area contributed by atoms with Gasteiger partial charge in [0, 0.05) is 24.8 Å². The van der Waals surface area contributed by atoms with Gasteiger partial charge in [-0.15, -0.1) is 20.5 Å². The van der Waals surface area contributed by atoms with Crippen LogP contribution in [0.2, 0.25) is 0 Å². The Morgan fingerprint density at radius 1 is 0.500 bits per heavy atom. The van der Waals surface area contributed by atoms with Crippen LogP contribution in [0.4, 0.5) is 34.4 Å². The van der Waals surface area contributed by atoms with Crippen molar-refractivity contribution in [2.75, 3.05) is 10.6 Å². The lowest BCUT2D eigenvalue weighted by molar-refractivity contribution is 0.101. The van der Waals surface area contributed by atoms with Crippen LogP contribution in [0.25, 0.3) is 0 Å². The molecule has 4 aromatic heterocycles. The van der Waals surface area contributed by atoms with Crippen LogP contribution < -0.4 is 10.6 Å². The minimum atomic E-state index is -0.389. The number of nitrogens with one attached hydrogen (secondary N) is 2. The topological polar surface area (TPSA) is 207 Å². The van der Waals surface area contributed by atoms with E-state index in [1.54, 1.807) is 122 Å². The van der Waals surface area contributed by atoms with Gasteiger partial charge in [-0.3, -0.25) is 19.6 Å². The first-order valence-corrected chi connectivity index (χ1v) is 14.7. The van der Waals surface area contributed by atoms with Crippen LogP contribution in [-0.4, -0.2) is 31.8 Å². The number of carbonyl (C=O) groups is 2. The lowest BCUT2D eigenvalue weighted by atomic mass is 10.1. The van der Waals surface area contributed by atoms with E-state index in [9.17, 15) is 20.1 Å². The second kappa shape index (κ2) is 17.2. The molecule has 14 nitrogen and oxygen atoms in total. The van der Waals surface area contributed by atoms with Crippen LogP contribution in [0, 0.1) is 22.7 Å². The van der Waals surface area contributed by atoms with Crippen LogP contribution in [0.3, 0.4) is 0 Å². The number of nitrogens with zero attached hydrogens (tertiary/aromatic N) is 10. The largest absolute Gasteiger partial charge is 0.319 e. The van der Waals surface area contributed by atoms with Gasteiger partial charge in [0.1, 0.15) is 23.5 Å². The van der Waals surface area contributed by atoms with Crippen molar-refractivity contribution in [1.82, 2.24) is 19.9 Å². The van der Waals surface area contributed by atoms with Gasteiger partial charge in [0.15, 0.2) is 11.6 Å². The van der Waals surface area contributed by atoms with E-state index in [4.69, 9.17) is 0 Å². The number of benzene rings is 2. The fourth-order valence-electron chi connectivity index (χ4n) is 4.00. The lowest BCUT2D eigenvalue weighted by Gasteiger charge is -2.06. The molecule has 0 saturated heterocycles. The Bertz CT molecular complexity index is 2060. The van der Waals surface area contributed by atoms with Crippen molar-refractivity contribution in [3.8, 4) is 12.1 Å². The molecule has 0 fully saturated rings. The number of hydrogen-bond acceptors (Lipinski definition) is 12. The number of hydrogen-bond donors (Lipinski definition) is 2. The van der Waals surface area contributed by atoms with Crippen LogP contribution in [0.15, 0.2) is 154 Å². The van der Waals surface area contributed by atoms with Crippen molar-refractivity contribution in [1.29, 1.82) is 10.5 Å². The van der Waals surface area contributed by atoms with E-state index >= 15 is 0 Å². The molecule has 0 aliphatic rings. The molecule has 0 aliphatic heterocycles. The van der Waals surface area contributed by atoms with E-state index in [2.05, 4.69) is 51.0 Å². The molecule has 6 aromatic rings. The molecule has 6 rings (SSSR count). The molecule has 50 heavy (non-hydrogen) atoms. The van der Waals surface area contributed by atoms with Crippen molar-refractivity contribution in [3.05, 3.63) is 156 Å². The van der Waals surface area contributed by atoms with Gasteiger partial charge in [-0.2, -0.15) is 10.5 Å². The first-order valence-electron chi connectivity index (χ1n) is 14.7. The Labute approximate surface area is 285 Å². The van der Waals surface area contributed by atoms with Gasteiger partial charge in [-0.25, -0.2) is 9.97 Å². The van der Waals surface area contributed by atoms with E-state index in [0.717, 1.165) is 0 Å². The summed E-state index contributed by atoms with van der Waals surface area (Å²) in [6, 6.07) is 34.4. The number of rotatable bonds is 8. The van der Waals surface area contributed by atoms with Crippen LogP contribution in [-0.2, 0) is 0 Å². The maximum absolute atomic E-state index is 12.1. The van der Waals surface area contributed by atoms with E-state index < -0.39 is 0 Å². The van der Waals surface area contributed by atoms with E-state index in [1.165, 1.54) is 12.4 Å². The molecule has 2 aromatic carbocycles. The molecule has 0 radical (unpaired) electrons.